The number of ketones is 1. The van der Waals surface area contributed by atoms with E-state index in [1.165, 1.54) is 0 Å². The molecular formula is C10H14O. The van der Waals surface area contributed by atoms with E-state index in [0.29, 0.717) is 0 Å². The van der Waals surface area contributed by atoms with Crippen LogP contribution in [0.4, 0.5) is 0 Å². The third-order valence-corrected chi connectivity index (χ3v) is 2.41. The Labute approximate surface area is 67.8 Å². The molecule has 0 heterocycles. The van der Waals surface area contributed by atoms with Crippen LogP contribution in [0.15, 0.2) is 23.3 Å². The molecule has 1 nitrogen and oxygen atoms in total. The van der Waals surface area contributed by atoms with Gasteiger partial charge in [-0.05, 0) is 13.8 Å². The van der Waals surface area contributed by atoms with Crippen LogP contribution in [0.2, 0.25) is 0 Å². The number of carbonyl (C=O) groups is 1. The molecule has 0 N–H and O–H groups in total. The van der Waals surface area contributed by atoms with E-state index in [1.807, 2.05) is 26.0 Å². The summed E-state index contributed by atoms with van der Waals surface area (Å²) in [7, 11) is 0. The number of hydrogen-bond acceptors (Lipinski definition) is 1. The van der Waals surface area contributed by atoms with Gasteiger partial charge in [0.1, 0.15) is 0 Å². The number of carbonyl (C=O) groups excluding carboxylic acids is 1. The highest BCUT2D eigenvalue weighted by Crippen LogP contribution is 2.46. The van der Waals surface area contributed by atoms with Gasteiger partial charge in [-0.15, -0.1) is 0 Å². The van der Waals surface area contributed by atoms with Crippen LogP contribution in [-0.4, -0.2) is 5.78 Å². The lowest BCUT2D eigenvalue weighted by atomic mass is 9.62. The van der Waals surface area contributed by atoms with E-state index in [1.54, 1.807) is 0 Å². The molecule has 0 amide bonds. The predicted octanol–water partition coefficient (Wildman–Crippen LogP) is 2.49. The molecule has 0 radical (unpaired) electrons. The molecule has 0 aromatic carbocycles. The molecule has 1 aliphatic rings. The molecular weight excluding hydrogens is 136 g/mol. The zero-order valence-electron chi connectivity index (χ0n) is 7.56. The summed E-state index contributed by atoms with van der Waals surface area (Å²) in [5.74, 6) is 0.222. The summed E-state index contributed by atoms with van der Waals surface area (Å²) in [4.78, 5) is 11.3. The summed E-state index contributed by atoms with van der Waals surface area (Å²) in [6, 6.07) is 0. The van der Waals surface area contributed by atoms with Crippen molar-refractivity contribution in [3.8, 4) is 0 Å². The lowest BCUT2D eigenvalue weighted by molar-refractivity contribution is -0.117. The minimum absolute atomic E-state index is 0.000579. The third-order valence-electron chi connectivity index (χ3n) is 2.41. The lowest BCUT2D eigenvalue weighted by Gasteiger charge is -2.39. The van der Waals surface area contributed by atoms with Gasteiger partial charge in [-0.2, -0.15) is 0 Å². The van der Waals surface area contributed by atoms with Crippen LogP contribution in [0.25, 0.3) is 0 Å². The zero-order chi connectivity index (χ0) is 8.65. The molecule has 1 rings (SSSR count). The number of rotatable bonds is 0. The minimum atomic E-state index is 0.000579. The fourth-order valence-corrected chi connectivity index (χ4v) is 1.78. The summed E-state index contributed by atoms with van der Waals surface area (Å²) >= 11 is 0. The van der Waals surface area contributed by atoms with Gasteiger partial charge in [0, 0.05) is 16.6 Å². The molecule has 0 bridgehead atoms. The van der Waals surface area contributed by atoms with Crippen molar-refractivity contribution < 1.29 is 4.79 Å². The quantitative estimate of drug-likeness (QED) is 0.485. The highest BCUT2D eigenvalue weighted by molar-refractivity contribution is 6.18. The van der Waals surface area contributed by atoms with E-state index in [9.17, 15) is 4.79 Å². The first kappa shape index (κ1) is 8.25. The highest BCUT2D eigenvalue weighted by atomic mass is 16.1. The van der Waals surface area contributed by atoms with Crippen LogP contribution in [-0.2, 0) is 4.79 Å². The number of hydrogen-bond donors (Lipinski definition) is 0. The van der Waals surface area contributed by atoms with E-state index in [4.69, 9.17) is 0 Å². The second-order valence-corrected chi connectivity index (χ2v) is 3.36. The predicted molar refractivity (Wildman–Crippen MR) is 46.3 cm³/mol. The monoisotopic (exact) mass is 150 g/mol. The second kappa shape index (κ2) is 2.33. The van der Waals surface area contributed by atoms with Gasteiger partial charge in [0.2, 0.25) is 0 Å². The molecule has 0 aromatic heterocycles. The maximum atomic E-state index is 11.3. The Morgan fingerprint density at radius 3 is 1.64 bits per heavy atom. The van der Waals surface area contributed by atoms with Crippen molar-refractivity contribution in [3.63, 3.8) is 0 Å². The maximum Gasteiger partial charge on any atom is 0.186 e. The molecule has 11 heavy (non-hydrogen) atoms. The van der Waals surface area contributed by atoms with Crippen molar-refractivity contribution >= 4 is 5.78 Å². The topological polar surface area (TPSA) is 17.1 Å². The summed E-state index contributed by atoms with van der Waals surface area (Å²) in [5.41, 5.74) is 1.90. The molecule has 1 aliphatic carbocycles. The van der Waals surface area contributed by atoms with Crippen molar-refractivity contribution in [3.05, 3.63) is 23.3 Å². The molecule has 0 aliphatic heterocycles. The molecule has 0 atom stereocenters. The van der Waals surface area contributed by atoms with Gasteiger partial charge < -0.3 is 0 Å². The van der Waals surface area contributed by atoms with Gasteiger partial charge in [0.15, 0.2) is 5.78 Å². The van der Waals surface area contributed by atoms with Crippen LogP contribution in [0, 0.1) is 5.41 Å². The van der Waals surface area contributed by atoms with Crippen molar-refractivity contribution in [2.75, 3.05) is 0 Å². The molecule has 0 spiro atoms. The van der Waals surface area contributed by atoms with Crippen LogP contribution < -0.4 is 0 Å². The Morgan fingerprint density at radius 1 is 1.09 bits per heavy atom. The van der Waals surface area contributed by atoms with Crippen molar-refractivity contribution in [2.45, 2.75) is 27.7 Å². The van der Waals surface area contributed by atoms with Gasteiger partial charge in [-0.3, -0.25) is 4.79 Å². The fraction of sp³-hybridized carbons (Fsp3) is 0.500. The van der Waals surface area contributed by atoms with Gasteiger partial charge >= 0.3 is 0 Å². The first-order valence-corrected chi connectivity index (χ1v) is 3.94. The number of allylic oxidation sites excluding steroid dienone is 4. The van der Waals surface area contributed by atoms with Gasteiger partial charge in [0.05, 0.1) is 0 Å². The molecule has 1 heteroatoms. The Bertz CT molecular complexity index is 230. The zero-order valence-corrected chi connectivity index (χ0v) is 7.56. The van der Waals surface area contributed by atoms with E-state index in [2.05, 4.69) is 13.8 Å². The average Bonchev–Trinajstić information content (AvgIpc) is 1.88. The van der Waals surface area contributed by atoms with Crippen LogP contribution in [0.3, 0.4) is 0 Å². The Hall–Kier alpha value is -0.850. The van der Waals surface area contributed by atoms with E-state index < -0.39 is 0 Å². The van der Waals surface area contributed by atoms with Crippen molar-refractivity contribution in [1.29, 1.82) is 0 Å². The largest absolute Gasteiger partial charge is 0.289 e. The van der Waals surface area contributed by atoms with Crippen LogP contribution >= 0.6 is 0 Å². The lowest BCUT2D eigenvalue weighted by Crippen LogP contribution is -2.39. The Kier molecular flexibility index (Phi) is 1.75. The van der Waals surface area contributed by atoms with Crippen molar-refractivity contribution in [1.82, 2.24) is 0 Å². The summed E-state index contributed by atoms with van der Waals surface area (Å²) in [5, 5.41) is 0. The molecule has 60 valence electrons. The highest BCUT2D eigenvalue weighted by Gasteiger charge is 2.45. The normalized spacial score (nSPS) is 29.3. The minimum Gasteiger partial charge on any atom is -0.289 e. The van der Waals surface area contributed by atoms with Crippen LogP contribution in [0.5, 0.6) is 0 Å². The molecule has 0 saturated heterocycles. The van der Waals surface area contributed by atoms with E-state index >= 15 is 0 Å². The SMILES string of the molecule is C/C=C1\C(=O)/C(=C\C)C1(C)C. The smallest absolute Gasteiger partial charge is 0.186 e. The first-order chi connectivity index (χ1) is 5.05. The molecule has 1 saturated carbocycles. The molecule has 0 aromatic rings. The third kappa shape index (κ3) is 0.873. The van der Waals surface area contributed by atoms with Gasteiger partial charge in [-0.1, -0.05) is 26.0 Å². The van der Waals surface area contributed by atoms with Gasteiger partial charge in [-0.25, -0.2) is 0 Å². The van der Waals surface area contributed by atoms with Gasteiger partial charge in [0.25, 0.3) is 0 Å². The maximum absolute atomic E-state index is 11.3. The second-order valence-electron chi connectivity index (χ2n) is 3.36. The first-order valence-electron chi connectivity index (χ1n) is 3.94. The standard InChI is InChI=1S/C10H14O/c1-5-7-9(11)8(6-2)10(7,3)4/h5-6H,1-4H3/b7-5+,8-6+. The summed E-state index contributed by atoms with van der Waals surface area (Å²) in [6.45, 7) is 8.00. The Morgan fingerprint density at radius 2 is 1.45 bits per heavy atom. The average molecular weight is 150 g/mol. The Balaban J connectivity index is 3.07. The van der Waals surface area contributed by atoms with Crippen LogP contribution in [0.1, 0.15) is 27.7 Å². The number of Topliss-reactive ketones (excluding diaryl/α,β-unsaturated/α-hetero) is 1. The molecule has 1 fully saturated rings. The molecule has 0 unspecified atom stereocenters. The van der Waals surface area contributed by atoms with Crippen molar-refractivity contribution in [2.24, 2.45) is 5.41 Å². The van der Waals surface area contributed by atoms with E-state index in [0.717, 1.165) is 11.1 Å². The summed E-state index contributed by atoms with van der Waals surface area (Å²) < 4.78 is 0. The van der Waals surface area contributed by atoms with E-state index in [-0.39, 0.29) is 11.2 Å². The fourth-order valence-electron chi connectivity index (χ4n) is 1.78. The summed E-state index contributed by atoms with van der Waals surface area (Å²) in [6.07, 6.45) is 3.82.